The summed E-state index contributed by atoms with van der Waals surface area (Å²) in [7, 11) is 1.70. The number of nitrogens with one attached hydrogen (secondary N) is 1. The largest absolute Gasteiger partial charge is 0.496 e. The lowest BCUT2D eigenvalue weighted by atomic mass is 10.1. The van der Waals surface area contributed by atoms with E-state index in [-0.39, 0.29) is 0 Å². The number of methoxy groups -OCH3 is 1. The minimum absolute atomic E-state index is 0.694. The first-order valence-electron chi connectivity index (χ1n) is 7.80. The van der Waals surface area contributed by atoms with Crippen molar-refractivity contribution in [1.82, 2.24) is 9.97 Å². The van der Waals surface area contributed by atoms with Crippen LogP contribution in [0.2, 0.25) is 0 Å². The molecule has 1 aromatic heterocycles. The topological polar surface area (TPSA) is 50.3 Å². The maximum atomic E-state index is 5.37. The predicted molar refractivity (Wildman–Crippen MR) is 88.7 cm³/mol. The van der Waals surface area contributed by atoms with Crippen LogP contribution < -0.4 is 15.0 Å². The average molecular weight is 298 g/mol. The molecule has 0 saturated carbocycles. The summed E-state index contributed by atoms with van der Waals surface area (Å²) in [4.78, 5) is 11.2. The van der Waals surface area contributed by atoms with Gasteiger partial charge < -0.3 is 15.0 Å². The summed E-state index contributed by atoms with van der Waals surface area (Å²) < 4.78 is 5.37. The van der Waals surface area contributed by atoms with Gasteiger partial charge in [-0.15, -0.1) is 0 Å². The van der Waals surface area contributed by atoms with E-state index in [0.29, 0.717) is 5.95 Å². The number of aromatic nitrogens is 2. The van der Waals surface area contributed by atoms with Crippen molar-refractivity contribution >= 4 is 11.8 Å². The summed E-state index contributed by atoms with van der Waals surface area (Å²) in [5, 5.41) is 3.30. The van der Waals surface area contributed by atoms with Gasteiger partial charge in [-0.05, 0) is 37.0 Å². The minimum atomic E-state index is 0.694. The highest BCUT2D eigenvalue weighted by molar-refractivity contribution is 5.43. The Kier molecular flexibility index (Phi) is 4.73. The molecule has 0 radical (unpaired) electrons. The molecule has 2 heterocycles. The van der Waals surface area contributed by atoms with Gasteiger partial charge in [-0.25, -0.2) is 4.98 Å². The fraction of sp³-hybridized carbons (Fsp3) is 0.412. The van der Waals surface area contributed by atoms with E-state index in [9.17, 15) is 0 Å². The van der Waals surface area contributed by atoms with E-state index >= 15 is 0 Å². The second-order valence-corrected chi connectivity index (χ2v) is 5.42. The van der Waals surface area contributed by atoms with Crippen LogP contribution in [-0.2, 0) is 6.42 Å². The minimum Gasteiger partial charge on any atom is -0.496 e. The van der Waals surface area contributed by atoms with E-state index in [1.54, 1.807) is 7.11 Å². The molecule has 1 aliphatic rings. The Labute approximate surface area is 131 Å². The molecule has 0 atom stereocenters. The third-order valence-corrected chi connectivity index (χ3v) is 3.94. The van der Waals surface area contributed by atoms with Crippen molar-refractivity contribution in [1.29, 1.82) is 0 Å². The van der Waals surface area contributed by atoms with Crippen LogP contribution in [0.4, 0.5) is 11.8 Å². The average Bonchev–Trinajstić information content (AvgIpc) is 3.10. The van der Waals surface area contributed by atoms with Crippen LogP contribution in [0.5, 0.6) is 5.75 Å². The van der Waals surface area contributed by atoms with Gasteiger partial charge in [-0.1, -0.05) is 18.2 Å². The predicted octanol–water partition coefficient (Wildman–Crippen LogP) is 2.74. The molecule has 1 saturated heterocycles. The van der Waals surface area contributed by atoms with Gasteiger partial charge >= 0.3 is 0 Å². The summed E-state index contributed by atoms with van der Waals surface area (Å²) >= 11 is 0. The first-order chi connectivity index (χ1) is 10.9. The number of hydrogen-bond acceptors (Lipinski definition) is 5. The summed E-state index contributed by atoms with van der Waals surface area (Å²) in [6, 6.07) is 10.1. The lowest BCUT2D eigenvalue weighted by Gasteiger charge is -2.16. The second kappa shape index (κ2) is 7.11. The van der Waals surface area contributed by atoms with Crippen LogP contribution >= 0.6 is 0 Å². The molecule has 0 bridgehead atoms. The van der Waals surface area contributed by atoms with Gasteiger partial charge in [0.2, 0.25) is 5.95 Å². The van der Waals surface area contributed by atoms with Crippen molar-refractivity contribution in [3.63, 3.8) is 0 Å². The Morgan fingerprint density at radius 1 is 1.18 bits per heavy atom. The Morgan fingerprint density at radius 2 is 2.00 bits per heavy atom. The number of anilines is 2. The lowest BCUT2D eigenvalue weighted by molar-refractivity contribution is 0.410. The van der Waals surface area contributed by atoms with Crippen molar-refractivity contribution in [3.05, 3.63) is 42.1 Å². The molecule has 3 rings (SSSR count). The molecular formula is C17H22N4O. The molecule has 1 fully saturated rings. The molecule has 0 spiro atoms. The molecule has 0 amide bonds. The highest BCUT2D eigenvalue weighted by atomic mass is 16.5. The van der Waals surface area contributed by atoms with Crippen molar-refractivity contribution in [2.45, 2.75) is 19.3 Å². The third kappa shape index (κ3) is 3.47. The van der Waals surface area contributed by atoms with Crippen molar-refractivity contribution in [3.8, 4) is 5.75 Å². The van der Waals surface area contributed by atoms with Gasteiger partial charge in [-0.3, -0.25) is 0 Å². The number of benzene rings is 1. The van der Waals surface area contributed by atoms with E-state index in [4.69, 9.17) is 4.74 Å². The van der Waals surface area contributed by atoms with E-state index < -0.39 is 0 Å². The zero-order valence-electron chi connectivity index (χ0n) is 13.0. The molecule has 2 aromatic rings. The monoisotopic (exact) mass is 298 g/mol. The van der Waals surface area contributed by atoms with E-state index in [0.717, 1.165) is 37.6 Å². The summed E-state index contributed by atoms with van der Waals surface area (Å²) in [6.45, 7) is 2.97. The lowest BCUT2D eigenvalue weighted by Crippen LogP contribution is -2.20. The van der Waals surface area contributed by atoms with Gasteiger partial charge in [0.15, 0.2) is 0 Å². The molecule has 0 aliphatic carbocycles. The number of ether oxygens (including phenoxy) is 1. The first kappa shape index (κ1) is 14.6. The van der Waals surface area contributed by atoms with Crippen LogP contribution in [0.1, 0.15) is 18.4 Å². The number of rotatable bonds is 6. The first-order valence-corrected chi connectivity index (χ1v) is 7.80. The maximum absolute atomic E-state index is 5.37. The SMILES string of the molecule is COc1ccccc1CCNc1nccc(N2CCCC2)n1. The molecule has 0 unspecified atom stereocenters. The van der Waals surface area contributed by atoms with Gasteiger partial charge in [0, 0.05) is 25.8 Å². The second-order valence-electron chi connectivity index (χ2n) is 5.42. The van der Waals surface area contributed by atoms with Crippen LogP contribution in [0.15, 0.2) is 36.5 Å². The van der Waals surface area contributed by atoms with Crippen LogP contribution in [-0.4, -0.2) is 36.7 Å². The summed E-state index contributed by atoms with van der Waals surface area (Å²) in [5.74, 6) is 2.64. The van der Waals surface area contributed by atoms with Crippen molar-refractivity contribution in [2.24, 2.45) is 0 Å². The molecule has 5 heteroatoms. The van der Waals surface area contributed by atoms with Gasteiger partial charge in [0.25, 0.3) is 0 Å². The quantitative estimate of drug-likeness (QED) is 0.888. The Balaban J connectivity index is 1.58. The zero-order chi connectivity index (χ0) is 15.2. The Hall–Kier alpha value is -2.30. The van der Waals surface area contributed by atoms with Crippen LogP contribution in [0.25, 0.3) is 0 Å². The molecule has 22 heavy (non-hydrogen) atoms. The molecular weight excluding hydrogens is 276 g/mol. The Morgan fingerprint density at radius 3 is 2.82 bits per heavy atom. The van der Waals surface area contributed by atoms with Crippen LogP contribution in [0.3, 0.4) is 0 Å². The standard InChI is InChI=1S/C17H22N4O/c1-22-15-7-3-2-6-14(15)8-10-18-17-19-11-9-16(20-17)21-12-4-5-13-21/h2-3,6-7,9,11H,4-5,8,10,12-13H2,1H3,(H,18,19,20). The van der Waals surface area contributed by atoms with Gasteiger partial charge in [0.05, 0.1) is 7.11 Å². The smallest absolute Gasteiger partial charge is 0.224 e. The molecule has 116 valence electrons. The maximum Gasteiger partial charge on any atom is 0.224 e. The van der Waals surface area contributed by atoms with E-state index in [1.807, 2.05) is 30.5 Å². The van der Waals surface area contributed by atoms with Crippen molar-refractivity contribution < 1.29 is 4.74 Å². The highest BCUT2D eigenvalue weighted by Gasteiger charge is 2.13. The highest BCUT2D eigenvalue weighted by Crippen LogP contribution is 2.19. The fourth-order valence-electron chi connectivity index (χ4n) is 2.78. The van der Waals surface area contributed by atoms with Gasteiger partial charge in [0.1, 0.15) is 11.6 Å². The normalized spacial score (nSPS) is 14.1. The van der Waals surface area contributed by atoms with E-state index in [2.05, 4.69) is 26.3 Å². The molecule has 1 aromatic carbocycles. The number of nitrogens with zero attached hydrogens (tertiary/aromatic N) is 3. The van der Waals surface area contributed by atoms with Gasteiger partial charge in [-0.2, -0.15) is 4.98 Å². The number of hydrogen-bond donors (Lipinski definition) is 1. The fourth-order valence-corrected chi connectivity index (χ4v) is 2.78. The number of para-hydroxylation sites is 1. The van der Waals surface area contributed by atoms with Crippen molar-refractivity contribution in [2.75, 3.05) is 37.0 Å². The molecule has 1 aliphatic heterocycles. The Bertz CT molecular complexity index is 611. The summed E-state index contributed by atoms with van der Waals surface area (Å²) in [6.07, 6.45) is 5.20. The van der Waals surface area contributed by atoms with E-state index in [1.165, 1.54) is 18.4 Å². The third-order valence-electron chi connectivity index (χ3n) is 3.94. The molecule has 5 nitrogen and oxygen atoms in total. The molecule has 1 N–H and O–H groups in total. The summed E-state index contributed by atoms with van der Waals surface area (Å²) in [5.41, 5.74) is 1.19. The van der Waals surface area contributed by atoms with Crippen LogP contribution in [0, 0.1) is 0 Å². The zero-order valence-corrected chi connectivity index (χ0v) is 13.0.